The lowest BCUT2D eigenvalue weighted by Gasteiger charge is -2.05. The Morgan fingerprint density at radius 1 is 1.27 bits per heavy atom. The number of nitrogens with one attached hydrogen (secondary N) is 2. The van der Waals surface area contributed by atoms with Crippen LogP contribution in [0.25, 0.3) is 0 Å². The Kier molecular flexibility index (Phi) is 6.40. The number of hydrogen-bond donors (Lipinski definition) is 2. The smallest absolute Gasteiger partial charge is 0.278 e. The van der Waals surface area contributed by atoms with E-state index in [9.17, 15) is 19.7 Å². The molecule has 0 aliphatic rings. The van der Waals surface area contributed by atoms with Gasteiger partial charge in [0, 0.05) is 16.7 Å². The van der Waals surface area contributed by atoms with Crippen molar-refractivity contribution in [1.82, 2.24) is 10.7 Å². The second-order valence-corrected chi connectivity index (χ2v) is 5.74. The molecular formula is C17H15ClN4O4. The average molecular weight is 375 g/mol. The van der Waals surface area contributed by atoms with Crippen LogP contribution in [0.1, 0.15) is 21.5 Å². The molecule has 0 unspecified atom stereocenters. The first-order valence-corrected chi connectivity index (χ1v) is 7.85. The number of aryl methyl sites for hydroxylation is 1. The lowest BCUT2D eigenvalue weighted by molar-refractivity contribution is -0.385. The van der Waals surface area contributed by atoms with Crippen LogP contribution >= 0.6 is 11.6 Å². The van der Waals surface area contributed by atoms with Crippen molar-refractivity contribution < 1.29 is 14.5 Å². The molecule has 8 nitrogen and oxygen atoms in total. The van der Waals surface area contributed by atoms with Gasteiger partial charge in [-0.25, -0.2) is 5.43 Å². The monoisotopic (exact) mass is 374 g/mol. The molecule has 0 bridgehead atoms. The second-order valence-electron chi connectivity index (χ2n) is 5.31. The predicted octanol–water partition coefficient (Wildman–Crippen LogP) is 2.44. The lowest BCUT2D eigenvalue weighted by atomic mass is 10.1. The molecule has 134 valence electrons. The molecule has 0 aliphatic heterocycles. The molecule has 0 atom stereocenters. The van der Waals surface area contributed by atoms with Crippen molar-refractivity contribution in [2.24, 2.45) is 5.10 Å². The number of carbonyl (C=O) groups excluding carboxylic acids is 2. The van der Waals surface area contributed by atoms with Crippen LogP contribution in [0.4, 0.5) is 5.69 Å². The highest BCUT2D eigenvalue weighted by atomic mass is 35.5. The summed E-state index contributed by atoms with van der Waals surface area (Å²) in [7, 11) is 0. The van der Waals surface area contributed by atoms with Gasteiger partial charge in [-0.2, -0.15) is 5.10 Å². The third-order valence-electron chi connectivity index (χ3n) is 3.27. The van der Waals surface area contributed by atoms with Gasteiger partial charge in [-0.05, 0) is 31.2 Å². The molecule has 26 heavy (non-hydrogen) atoms. The van der Waals surface area contributed by atoms with E-state index in [4.69, 9.17) is 11.6 Å². The number of benzene rings is 2. The SMILES string of the molecule is Cc1cccc(C(=O)NCC(=O)N/N=C/c2cc(Cl)ccc2[N+](=O)[O-])c1. The summed E-state index contributed by atoms with van der Waals surface area (Å²) in [6.07, 6.45) is 1.12. The molecule has 2 aromatic rings. The average Bonchev–Trinajstić information content (AvgIpc) is 2.59. The number of nitrogens with zero attached hydrogens (tertiary/aromatic N) is 2. The largest absolute Gasteiger partial charge is 0.343 e. The Hall–Kier alpha value is -3.26. The topological polar surface area (TPSA) is 114 Å². The Balaban J connectivity index is 1.91. The van der Waals surface area contributed by atoms with Crippen LogP contribution < -0.4 is 10.7 Å². The van der Waals surface area contributed by atoms with Crippen LogP contribution in [0.2, 0.25) is 5.02 Å². The van der Waals surface area contributed by atoms with Gasteiger partial charge < -0.3 is 5.32 Å². The molecule has 9 heteroatoms. The summed E-state index contributed by atoms with van der Waals surface area (Å²) in [5.74, 6) is -0.967. The molecule has 0 heterocycles. The van der Waals surface area contributed by atoms with Crippen molar-refractivity contribution in [2.75, 3.05) is 6.54 Å². The van der Waals surface area contributed by atoms with Crippen molar-refractivity contribution in [2.45, 2.75) is 6.92 Å². The van der Waals surface area contributed by atoms with E-state index in [1.807, 2.05) is 13.0 Å². The van der Waals surface area contributed by atoms with E-state index in [2.05, 4.69) is 15.8 Å². The minimum atomic E-state index is -0.582. The van der Waals surface area contributed by atoms with Crippen molar-refractivity contribution in [1.29, 1.82) is 0 Å². The van der Waals surface area contributed by atoms with Crippen LogP contribution in [0.3, 0.4) is 0 Å². The zero-order chi connectivity index (χ0) is 19.1. The van der Waals surface area contributed by atoms with Gasteiger partial charge in [0.05, 0.1) is 23.2 Å². The minimum Gasteiger partial charge on any atom is -0.343 e. The first-order valence-electron chi connectivity index (χ1n) is 7.47. The van der Waals surface area contributed by atoms with E-state index in [0.717, 1.165) is 11.8 Å². The Labute approximate surface area is 154 Å². The number of amides is 2. The fraction of sp³-hybridized carbons (Fsp3) is 0.118. The molecule has 0 aromatic heterocycles. The van der Waals surface area contributed by atoms with Gasteiger partial charge >= 0.3 is 0 Å². The standard InChI is InChI=1S/C17H15ClN4O4/c1-11-3-2-4-12(7-11)17(24)19-10-16(23)21-20-9-13-8-14(18)5-6-15(13)22(25)26/h2-9H,10H2,1H3,(H,19,24)(H,21,23)/b20-9+. The van der Waals surface area contributed by atoms with Gasteiger partial charge in [-0.3, -0.25) is 19.7 Å². The highest BCUT2D eigenvalue weighted by molar-refractivity contribution is 6.31. The number of carbonyl (C=O) groups is 2. The van der Waals surface area contributed by atoms with Gasteiger partial charge in [0.1, 0.15) is 0 Å². The van der Waals surface area contributed by atoms with E-state index in [1.54, 1.807) is 18.2 Å². The predicted molar refractivity (Wildman–Crippen MR) is 97.4 cm³/mol. The van der Waals surface area contributed by atoms with Crippen LogP contribution in [0.5, 0.6) is 0 Å². The van der Waals surface area contributed by atoms with Crippen molar-refractivity contribution in [3.05, 3.63) is 74.3 Å². The number of hydrazone groups is 1. The zero-order valence-corrected chi connectivity index (χ0v) is 14.5. The summed E-state index contributed by atoms with van der Waals surface area (Å²) >= 11 is 5.80. The van der Waals surface area contributed by atoms with Gasteiger partial charge in [-0.15, -0.1) is 0 Å². The molecule has 0 spiro atoms. The fourth-order valence-electron chi connectivity index (χ4n) is 2.06. The highest BCUT2D eigenvalue weighted by Crippen LogP contribution is 2.20. The Bertz CT molecular complexity index is 883. The molecule has 0 saturated carbocycles. The highest BCUT2D eigenvalue weighted by Gasteiger charge is 2.12. The van der Waals surface area contributed by atoms with Crippen molar-refractivity contribution in [3.8, 4) is 0 Å². The van der Waals surface area contributed by atoms with Crippen LogP contribution in [-0.4, -0.2) is 29.5 Å². The van der Waals surface area contributed by atoms with Crippen LogP contribution in [-0.2, 0) is 4.79 Å². The maximum Gasteiger partial charge on any atom is 0.278 e. The Morgan fingerprint density at radius 3 is 2.73 bits per heavy atom. The maximum atomic E-state index is 11.9. The van der Waals surface area contributed by atoms with E-state index in [0.29, 0.717) is 10.6 Å². The van der Waals surface area contributed by atoms with E-state index < -0.39 is 16.7 Å². The summed E-state index contributed by atoms with van der Waals surface area (Å²) in [5, 5.41) is 17.3. The number of nitro benzene ring substituents is 1. The normalized spacial score (nSPS) is 10.5. The molecule has 0 fully saturated rings. The molecule has 0 saturated heterocycles. The summed E-state index contributed by atoms with van der Waals surface area (Å²) in [6, 6.07) is 10.9. The maximum absolute atomic E-state index is 11.9. The van der Waals surface area contributed by atoms with Crippen molar-refractivity contribution in [3.63, 3.8) is 0 Å². The third-order valence-corrected chi connectivity index (χ3v) is 3.50. The summed E-state index contributed by atoms with van der Waals surface area (Å²) < 4.78 is 0. The quantitative estimate of drug-likeness (QED) is 0.459. The minimum absolute atomic E-state index is 0.145. The summed E-state index contributed by atoms with van der Waals surface area (Å²) in [4.78, 5) is 34.0. The number of rotatable bonds is 6. The second kappa shape index (κ2) is 8.72. The summed E-state index contributed by atoms with van der Waals surface area (Å²) in [6.45, 7) is 1.56. The lowest BCUT2D eigenvalue weighted by Crippen LogP contribution is -2.34. The van der Waals surface area contributed by atoms with Gasteiger partial charge in [0.2, 0.25) is 0 Å². The zero-order valence-electron chi connectivity index (χ0n) is 13.7. The number of hydrogen-bond acceptors (Lipinski definition) is 5. The van der Waals surface area contributed by atoms with E-state index in [1.165, 1.54) is 18.2 Å². The van der Waals surface area contributed by atoms with Gasteiger partial charge in [-0.1, -0.05) is 29.3 Å². The molecule has 2 N–H and O–H groups in total. The third kappa shape index (κ3) is 5.38. The van der Waals surface area contributed by atoms with E-state index >= 15 is 0 Å². The molecular weight excluding hydrogens is 360 g/mol. The summed E-state index contributed by atoms with van der Waals surface area (Å²) in [5.41, 5.74) is 3.50. The molecule has 0 radical (unpaired) electrons. The van der Waals surface area contributed by atoms with Crippen LogP contribution in [0.15, 0.2) is 47.6 Å². The molecule has 2 rings (SSSR count). The number of nitro groups is 1. The molecule has 2 aromatic carbocycles. The van der Waals surface area contributed by atoms with E-state index in [-0.39, 0.29) is 17.8 Å². The van der Waals surface area contributed by atoms with Crippen LogP contribution in [0, 0.1) is 17.0 Å². The van der Waals surface area contributed by atoms with Gasteiger partial charge in [0.15, 0.2) is 0 Å². The Morgan fingerprint density at radius 2 is 2.04 bits per heavy atom. The first-order chi connectivity index (χ1) is 12.4. The van der Waals surface area contributed by atoms with Crippen molar-refractivity contribution >= 4 is 35.3 Å². The van der Waals surface area contributed by atoms with Gasteiger partial charge in [0.25, 0.3) is 17.5 Å². The fourth-order valence-corrected chi connectivity index (χ4v) is 2.24. The molecule has 2 amide bonds. The number of halogens is 1. The molecule has 0 aliphatic carbocycles. The first kappa shape index (κ1) is 19.1.